The van der Waals surface area contributed by atoms with Crippen LogP contribution in [0.1, 0.15) is 5.56 Å². The van der Waals surface area contributed by atoms with Gasteiger partial charge in [-0.2, -0.15) is 0 Å². The quantitative estimate of drug-likeness (QED) is 0.559. The molecule has 1 atom stereocenters. The van der Waals surface area contributed by atoms with Gasteiger partial charge in [-0.1, -0.05) is 0 Å². The van der Waals surface area contributed by atoms with E-state index in [1.54, 1.807) is 7.05 Å². The van der Waals surface area contributed by atoms with E-state index < -0.39 is 33.6 Å². The third kappa shape index (κ3) is 4.68. The summed E-state index contributed by atoms with van der Waals surface area (Å²) in [6.07, 6.45) is -2.19. The number of alkyl halides is 3. The van der Waals surface area contributed by atoms with Gasteiger partial charge >= 0.3 is 171 Å². The number of pyridine rings is 1. The Labute approximate surface area is 171 Å². The first kappa shape index (κ1) is 21.5. The second kappa shape index (κ2) is 8.65. The first-order valence-corrected chi connectivity index (χ1v) is 10.9. The molecule has 0 aliphatic rings. The minimum atomic E-state index is -4.43. The number of ether oxygens (including phenoxy) is 1. The van der Waals surface area contributed by atoms with Crippen molar-refractivity contribution in [1.29, 1.82) is 0 Å². The van der Waals surface area contributed by atoms with Crippen LogP contribution >= 0.6 is 0 Å². The first-order chi connectivity index (χ1) is 13.7. The number of methoxy groups -OCH3 is 1. The molecule has 10 heteroatoms. The van der Waals surface area contributed by atoms with Gasteiger partial charge in [-0.05, 0) is 0 Å². The number of aromatic nitrogens is 3. The second-order valence-corrected chi connectivity index (χ2v) is 8.72. The molecule has 0 spiro atoms. The molecule has 3 rings (SSSR count). The Bertz CT molecular complexity index is 1070. The fourth-order valence-corrected chi connectivity index (χ4v) is 4.88. The summed E-state index contributed by atoms with van der Waals surface area (Å²) in [5.74, 6) is 0. The Morgan fingerprint density at radius 2 is 1.93 bits per heavy atom. The summed E-state index contributed by atoms with van der Waals surface area (Å²) in [6.45, 7) is 0.188. The summed E-state index contributed by atoms with van der Waals surface area (Å²) >= 11 is -0.637. The number of aliphatic hydroxyl groups excluding tert-OH is 1. The molecule has 153 valence electrons. The summed E-state index contributed by atoms with van der Waals surface area (Å²) in [7, 11) is 3.06. The fourth-order valence-electron chi connectivity index (χ4n) is 2.80. The first-order valence-electron chi connectivity index (χ1n) is 8.59. The zero-order valence-corrected chi connectivity index (χ0v) is 17.5. The number of nitrogens with zero attached hydrogens (tertiary/aromatic N) is 3. The monoisotopic (exact) mass is 468 g/mol. The minimum absolute atomic E-state index is 0.188. The molecule has 2 heterocycles. The van der Waals surface area contributed by atoms with Crippen LogP contribution in [0.25, 0.3) is 22.0 Å². The maximum absolute atomic E-state index is 12.8. The summed E-state index contributed by atoms with van der Waals surface area (Å²) in [5, 5.41) is 10.7. The average Bonchev–Trinajstić information content (AvgIpc) is 2.68. The van der Waals surface area contributed by atoms with Gasteiger partial charge < -0.3 is 0 Å². The van der Waals surface area contributed by atoms with Crippen molar-refractivity contribution < 1.29 is 23.0 Å². The van der Waals surface area contributed by atoms with Gasteiger partial charge in [0.25, 0.3) is 0 Å². The molecule has 1 N–H and O–H groups in total. The van der Waals surface area contributed by atoms with Crippen LogP contribution in [0, 0.1) is 0 Å². The molecule has 29 heavy (non-hydrogen) atoms. The van der Waals surface area contributed by atoms with E-state index in [1.807, 2.05) is 0 Å². The molecule has 0 bridgehead atoms. The molecule has 0 aliphatic carbocycles. The van der Waals surface area contributed by atoms with E-state index in [2.05, 4.69) is 9.97 Å². The Balaban J connectivity index is 2.08. The van der Waals surface area contributed by atoms with Crippen molar-refractivity contribution in [1.82, 2.24) is 14.5 Å². The maximum atomic E-state index is 12.8. The Kier molecular flexibility index (Phi) is 6.41. The van der Waals surface area contributed by atoms with Crippen LogP contribution in [-0.2, 0) is 18.0 Å². The number of hydrogen-bond donors (Lipinski definition) is 1. The Hall–Kier alpha value is -2.22. The number of aliphatic hydroxyl groups is 1. The number of halogens is 3. The molecule has 6 nitrogen and oxygen atoms in total. The molecule has 2 aromatic heterocycles. The van der Waals surface area contributed by atoms with Crippen LogP contribution in [-0.4, -0.2) is 55.2 Å². The van der Waals surface area contributed by atoms with Crippen LogP contribution in [0.4, 0.5) is 13.2 Å². The van der Waals surface area contributed by atoms with Crippen LogP contribution in [0.15, 0.2) is 41.6 Å². The number of hydrogen-bond acceptors (Lipinski definition) is 5. The van der Waals surface area contributed by atoms with E-state index in [1.165, 1.54) is 36.3 Å². The molecular formula is C19H18AsF3N3O3. The summed E-state index contributed by atoms with van der Waals surface area (Å²) in [5.41, 5.74) is 0.306. The van der Waals surface area contributed by atoms with E-state index in [0.29, 0.717) is 31.7 Å². The molecule has 0 amide bonds. The van der Waals surface area contributed by atoms with Crippen molar-refractivity contribution in [2.24, 2.45) is 7.05 Å². The van der Waals surface area contributed by atoms with Gasteiger partial charge in [0.15, 0.2) is 0 Å². The van der Waals surface area contributed by atoms with Crippen LogP contribution < -0.4 is 10.0 Å². The number of aryl methyl sites for hydroxylation is 1. The SMILES string of the molecule is COCC(O)C[As]c1ncc(-c2ccc(C(F)(F)F)cc2)c2ncn(C)c(=O)c12. The van der Waals surface area contributed by atoms with Crippen molar-refractivity contribution in [3.63, 3.8) is 0 Å². The third-order valence-electron chi connectivity index (χ3n) is 4.26. The molecular weight excluding hydrogens is 450 g/mol. The van der Waals surface area contributed by atoms with Crippen molar-refractivity contribution in [3.8, 4) is 11.1 Å². The van der Waals surface area contributed by atoms with Crippen molar-refractivity contribution in [3.05, 3.63) is 52.7 Å². The van der Waals surface area contributed by atoms with Gasteiger partial charge in [-0.3, -0.25) is 0 Å². The van der Waals surface area contributed by atoms with Gasteiger partial charge in [0, 0.05) is 0 Å². The Morgan fingerprint density at radius 3 is 2.55 bits per heavy atom. The predicted octanol–water partition coefficient (Wildman–Crippen LogP) is 1.77. The number of rotatable bonds is 6. The molecule has 0 aliphatic heterocycles. The zero-order chi connectivity index (χ0) is 21.2. The topological polar surface area (TPSA) is 77.2 Å². The van der Waals surface area contributed by atoms with E-state index in [-0.39, 0.29) is 12.2 Å². The van der Waals surface area contributed by atoms with E-state index in [4.69, 9.17) is 4.74 Å². The standard InChI is InChI=1S/C19H18AsF3N3O3/c1-26-10-25-16-14(11-3-5-12(6-4-11)19(21,22)23)8-24-17(15(16)18(26)28)20-7-13(27)9-29-2/h3-6,8,10,13,27H,7,9H2,1-2H3. The number of benzene rings is 1. The molecule has 0 saturated carbocycles. The molecule has 0 fully saturated rings. The van der Waals surface area contributed by atoms with Gasteiger partial charge in [0.2, 0.25) is 0 Å². The summed E-state index contributed by atoms with van der Waals surface area (Å²) in [4.78, 5) is 21.5. The van der Waals surface area contributed by atoms with Crippen molar-refractivity contribution in [2.45, 2.75) is 17.5 Å². The van der Waals surface area contributed by atoms with E-state index in [9.17, 15) is 23.1 Å². The molecule has 0 saturated heterocycles. The number of fused-ring (bicyclic) bond motifs is 1. The van der Waals surface area contributed by atoms with Gasteiger partial charge in [-0.15, -0.1) is 0 Å². The molecule has 3 aromatic rings. The molecule has 1 aromatic carbocycles. The van der Waals surface area contributed by atoms with Gasteiger partial charge in [0.1, 0.15) is 0 Å². The normalized spacial score (nSPS) is 13.4. The van der Waals surface area contributed by atoms with E-state index in [0.717, 1.165) is 12.1 Å². The zero-order valence-electron chi connectivity index (χ0n) is 15.6. The van der Waals surface area contributed by atoms with Crippen LogP contribution in [0.3, 0.4) is 0 Å². The summed E-state index contributed by atoms with van der Waals surface area (Å²) in [6, 6.07) is 4.66. The fraction of sp³-hybridized carbons (Fsp3) is 0.316. The summed E-state index contributed by atoms with van der Waals surface area (Å²) < 4.78 is 45.3. The van der Waals surface area contributed by atoms with Crippen LogP contribution in [0.2, 0.25) is 5.21 Å². The predicted molar refractivity (Wildman–Crippen MR) is 103 cm³/mol. The van der Waals surface area contributed by atoms with E-state index >= 15 is 0 Å². The molecule has 1 radical (unpaired) electrons. The average molecular weight is 468 g/mol. The van der Waals surface area contributed by atoms with Crippen molar-refractivity contribution in [2.75, 3.05) is 13.7 Å². The van der Waals surface area contributed by atoms with Crippen LogP contribution in [0.5, 0.6) is 0 Å². The Morgan fingerprint density at radius 1 is 1.24 bits per heavy atom. The van der Waals surface area contributed by atoms with Gasteiger partial charge in [-0.25, -0.2) is 0 Å². The second-order valence-electron chi connectivity index (χ2n) is 6.40. The third-order valence-corrected chi connectivity index (χ3v) is 6.87. The molecule has 1 unspecified atom stereocenters. The van der Waals surface area contributed by atoms with Gasteiger partial charge in [0.05, 0.1) is 0 Å². The van der Waals surface area contributed by atoms with Crippen molar-refractivity contribution >= 4 is 31.1 Å².